The molecule has 4 rings (SSSR count). The van der Waals surface area contributed by atoms with E-state index in [1.54, 1.807) is 24.3 Å². The summed E-state index contributed by atoms with van der Waals surface area (Å²) < 4.78 is 17.7. The van der Waals surface area contributed by atoms with Crippen molar-refractivity contribution in [1.82, 2.24) is 10.2 Å². The Balaban J connectivity index is 1.47. The fraction of sp³-hybridized carbons (Fsp3) is 0.118. The number of amides is 1. The van der Waals surface area contributed by atoms with Gasteiger partial charge in [-0.25, -0.2) is 0 Å². The Morgan fingerprint density at radius 3 is 2.80 bits per heavy atom. The number of carbonyl (C=O) groups excluding carboxylic acids is 1. The van der Waals surface area contributed by atoms with Gasteiger partial charge in [0.15, 0.2) is 11.5 Å². The lowest BCUT2D eigenvalue weighted by Gasteiger charge is -2.23. The van der Waals surface area contributed by atoms with Crippen molar-refractivity contribution in [2.24, 2.45) is 0 Å². The van der Waals surface area contributed by atoms with Crippen molar-refractivity contribution < 1.29 is 18.7 Å². The fourth-order valence-corrected chi connectivity index (χ4v) is 2.75. The maximum absolute atomic E-state index is 12.2. The topological polar surface area (TPSA) is 86.5 Å². The number of benzene rings is 2. The van der Waals surface area contributed by atoms with Crippen LogP contribution in [0.3, 0.4) is 0 Å². The Morgan fingerprint density at radius 1 is 1.12 bits per heavy atom. The van der Waals surface area contributed by atoms with Crippen LogP contribution in [-0.4, -0.2) is 22.7 Å². The second-order valence-corrected chi connectivity index (χ2v) is 6.19. The smallest absolute Gasteiger partial charge is 0.322 e. The summed E-state index contributed by atoms with van der Waals surface area (Å²) in [5.74, 6) is 1.17. The Bertz CT molecular complexity index is 928. The molecule has 0 radical (unpaired) electrons. The number of nitrogens with zero attached hydrogens (tertiary/aromatic N) is 2. The zero-order valence-corrected chi connectivity index (χ0v) is 14.4. The first-order chi connectivity index (χ1) is 12.2. The highest BCUT2D eigenvalue weighted by molar-refractivity contribution is 9.10. The normalized spacial score (nSPS) is 15.6. The highest BCUT2D eigenvalue weighted by Gasteiger charge is 2.27. The molecule has 126 valence electrons. The molecule has 7 nitrogen and oxygen atoms in total. The van der Waals surface area contributed by atoms with E-state index in [1.807, 2.05) is 24.3 Å². The van der Waals surface area contributed by atoms with Crippen molar-refractivity contribution in [3.8, 4) is 11.5 Å². The summed E-state index contributed by atoms with van der Waals surface area (Å²) >= 11 is 3.32. The molecule has 0 saturated heterocycles. The molecule has 1 aromatic heterocycles. The molecule has 0 spiro atoms. The second kappa shape index (κ2) is 6.56. The van der Waals surface area contributed by atoms with Gasteiger partial charge in [-0.3, -0.25) is 10.1 Å². The van der Waals surface area contributed by atoms with Crippen molar-refractivity contribution in [1.29, 1.82) is 0 Å². The number of halogens is 1. The molecule has 0 bridgehead atoms. The minimum atomic E-state index is -0.529. The molecule has 1 amide bonds. The van der Waals surface area contributed by atoms with E-state index >= 15 is 0 Å². The minimum absolute atomic E-state index is 0.00225. The first-order valence-corrected chi connectivity index (χ1v) is 8.27. The van der Waals surface area contributed by atoms with Crippen LogP contribution in [0, 0.1) is 0 Å². The van der Waals surface area contributed by atoms with E-state index in [4.69, 9.17) is 13.9 Å². The van der Waals surface area contributed by atoms with E-state index in [9.17, 15) is 4.79 Å². The van der Waals surface area contributed by atoms with Gasteiger partial charge in [0.1, 0.15) is 6.61 Å². The zero-order valence-electron chi connectivity index (χ0n) is 12.8. The molecule has 1 atom stereocenters. The lowest BCUT2D eigenvalue weighted by molar-refractivity contribution is 0.0716. The van der Waals surface area contributed by atoms with Gasteiger partial charge in [-0.15, -0.1) is 5.10 Å². The second-order valence-electron chi connectivity index (χ2n) is 5.27. The van der Waals surface area contributed by atoms with Crippen molar-refractivity contribution in [2.45, 2.75) is 6.10 Å². The van der Waals surface area contributed by atoms with Crippen LogP contribution in [0.5, 0.6) is 11.5 Å². The Morgan fingerprint density at radius 2 is 1.96 bits per heavy atom. The van der Waals surface area contributed by atoms with Gasteiger partial charge in [0.05, 0.1) is 0 Å². The van der Waals surface area contributed by atoms with Gasteiger partial charge in [-0.1, -0.05) is 39.2 Å². The van der Waals surface area contributed by atoms with Crippen LogP contribution in [0.15, 0.2) is 57.4 Å². The molecular weight excluding hydrogens is 390 g/mol. The van der Waals surface area contributed by atoms with Crippen molar-refractivity contribution in [3.05, 3.63) is 64.5 Å². The van der Waals surface area contributed by atoms with Crippen LogP contribution in [-0.2, 0) is 0 Å². The molecule has 1 unspecified atom stereocenters. The van der Waals surface area contributed by atoms with Crippen LogP contribution in [0.25, 0.3) is 0 Å². The lowest BCUT2D eigenvalue weighted by atomic mass is 10.2. The number of ether oxygens (including phenoxy) is 2. The maximum Gasteiger partial charge on any atom is 0.322 e. The fourth-order valence-electron chi connectivity index (χ4n) is 2.36. The summed E-state index contributed by atoms with van der Waals surface area (Å²) in [5.41, 5.74) is 0.473. The van der Waals surface area contributed by atoms with E-state index in [0.29, 0.717) is 17.1 Å². The van der Waals surface area contributed by atoms with Gasteiger partial charge in [-0.2, -0.15) is 0 Å². The predicted octanol–water partition coefficient (Wildman–Crippen LogP) is 3.60. The molecule has 1 N–H and O–H groups in total. The third kappa shape index (κ3) is 3.34. The molecule has 1 aliphatic heterocycles. The first kappa shape index (κ1) is 15.6. The first-order valence-electron chi connectivity index (χ1n) is 7.48. The van der Waals surface area contributed by atoms with E-state index in [-0.39, 0.29) is 24.4 Å². The SMILES string of the molecule is O=C(Nc1nnc(C2COc3ccccc3O2)o1)c1cccc(Br)c1. The Kier molecular flexibility index (Phi) is 4.10. The number of para-hydroxylation sites is 2. The van der Waals surface area contributed by atoms with Gasteiger partial charge in [0, 0.05) is 10.0 Å². The average molecular weight is 402 g/mol. The standard InChI is InChI=1S/C17H12BrN3O4/c18-11-5-3-4-10(8-11)15(22)19-17-21-20-16(25-17)14-9-23-12-6-1-2-7-13(12)24-14/h1-8,14H,9H2,(H,19,21,22). The highest BCUT2D eigenvalue weighted by atomic mass is 79.9. The number of fused-ring (bicyclic) bond motifs is 1. The Labute approximate surface area is 151 Å². The van der Waals surface area contributed by atoms with E-state index < -0.39 is 6.10 Å². The van der Waals surface area contributed by atoms with Crippen molar-refractivity contribution in [2.75, 3.05) is 11.9 Å². The molecule has 0 saturated carbocycles. The third-order valence-corrected chi connectivity index (χ3v) is 4.03. The van der Waals surface area contributed by atoms with Crippen LogP contribution in [0.4, 0.5) is 6.01 Å². The number of anilines is 1. The summed E-state index contributed by atoms with van der Waals surface area (Å²) in [4.78, 5) is 12.2. The number of hydrogen-bond donors (Lipinski definition) is 1. The van der Waals surface area contributed by atoms with E-state index in [1.165, 1.54) is 0 Å². The molecule has 1 aliphatic rings. The summed E-state index contributed by atoms with van der Waals surface area (Å²) in [6.45, 7) is 0.248. The summed E-state index contributed by atoms with van der Waals surface area (Å²) in [7, 11) is 0. The molecular formula is C17H12BrN3O4. The monoisotopic (exact) mass is 401 g/mol. The molecule has 8 heteroatoms. The van der Waals surface area contributed by atoms with Gasteiger partial charge in [-0.05, 0) is 30.3 Å². The van der Waals surface area contributed by atoms with Crippen LogP contribution in [0.1, 0.15) is 22.4 Å². The van der Waals surface area contributed by atoms with Crippen LogP contribution >= 0.6 is 15.9 Å². The third-order valence-electron chi connectivity index (χ3n) is 3.53. The number of hydrogen-bond acceptors (Lipinski definition) is 6. The predicted molar refractivity (Wildman–Crippen MR) is 91.7 cm³/mol. The number of carbonyl (C=O) groups is 1. The van der Waals surface area contributed by atoms with Gasteiger partial charge >= 0.3 is 6.01 Å². The summed E-state index contributed by atoms with van der Waals surface area (Å²) in [6, 6.07) is 14.3. The molecule has 2 aromatic carbocycles. The number of aromatic nitrogens is 2. The summed E-state index contributed by atoms with van der Waals surface area (Å²) in [6.07, 6.45) is -0.529. The van der Waals surface area contributed by atoms with Crippen molar-refractivity contribution >= 4 is 27.9 Å². The van der Waals surface area contributed by atoms with Crippen LogP contribution < -0.4 is 14.8 Å². The van der Waals surface area contributed by atoms with Gasteiger partial charge < -0.3 is 13.9 Å². The number of nitrogens with one attached hydrogen (secondary N) is 1. The minimum Gasteiger partial charge on any atom is -0.485 e. The quantitative estimate of drug-likeness (QED) is 0.721. The molecule has 2 heterocycles. The number of rotatable bonds is 3. The van der Waals surface area contributed by atoms with Crippen molar-refractivity contribution in [3.63, 3.8) is 0 Å². The zero-order chi connectivity index (χ0) is 17.2. The van der Waals surface area contributed by atoms with E-state index in [0.717, 1.165) is 4.47 Å². The van der Waals surface area contributed by atoms with E-state index in [2.05, 4.69) is 31.4 Å². The maximum atomic E-state index is 12.2. The molecule has 25 heavy (non-hydrogen) atoms. The highest BCUT2D eigenvalue weighted by Crippen LogP contribution is 2.35. The summed E-state index contributed by atoms with van der Waals surface area (Å²) in [5, 5.41) is 10.3. The Hall–Kier alpha value is -2.87. The van der Waals surface area contributed by atoms with Crippen LogP contribution in [0.2, 0.25) is 0 Å². The lowest BCUT2D eigenvalue weighted by Crippen LogP contribution is -2.21. The molecule has 0 aliphatic carbocycles. The van der Waals surface area contributed by atoms with Gasteiger partial charge in [0.25, 0.3) is 11.8 Å². The molecule has 0 fully saturated rings. The largest absolute Gasteiger partial charge is 0.485 e. The molecule has 3 aromatic rings. The van der Waals surface area contributed by atoms with Gasteiger partial charge in [0.2, 0.25) is 6.10 Å². The average Bonchev–Trinajstić information content (AvgIpc) is 3.10.